The molecule has 0 bridgehead atoms. The van der Waals surface area contributed by atoms with Crippen LogP contribution in [0.15, 0.2) is 36.5 Å². The second-order valence-corrected chi connectivity index (χ2v) is 8.16. The van der Waals surface area contributed by atoms with Crippen molar-refractivity contribution in [2.45, 2.75) is 50.7 Å². The number of nitrogens with two attached hydrogens (primary N) is 1. The molecule has 1 aromatic heterocycles. The summed E-state index contributed by atoms with van der Waals surface area (Å²) in [6.45, 7) is 1.06. The lowest BCUT2D eigenvalue weighted by atomic mass is 9.79. The van der Waals surface area contributed by atoms with Crippen LogP contribution >= 0.6 is 0 Å². The van der Waals surface area contributed by atoms with E-state index in [2.05, 4.69) is 10.4 Å². The van der Waals surface area contributed by atoms with Gasteiger partial charge in [0.2, 0.25) is 11.8 Å². The number of aromatic nitrogens is 2. The number of aryl methyl sites for hydroxylation is 1. The predicted molar refractivity (Wildman–Crippen MR) is 111 cm³/mol. The van der Waals surface area contributed by atoms with Gasteiger partial charge in [0, 0.05) is 26.3 Å². The van der Waals surface area contributed by atoms with E-state index in [9.17, 15) is 9.59 Å². The maximum Gasteiger partial charge on any atom is 0.243 e. The third-order valence-electron chi connectivity index (χ3n) is 6.32. The molecule has 1 saturated heterocycles. The van der Waals surface area contributed by atoms with E-state index in [0.717, 1.165) is 42.5 Å². The number of carbonyl (C=O) groups excluding carboxylic acids is 2. The molecule has 0 spiro atoms. The lowest BCUT2D eigenvalue weighted by Crippen LogP contribution is -2.54. The number of nitrogens with one attached hydrogen (secondary N) is 1. The van der Waals surface area contributed by atoms with E-state index >= 15 is 0 Å². The summed E-state index contributed by atoms with van der Waals surface area (Å²) in [5.74, 6) is 0.130. The minimum absolute atomic E-state index is 0.0621. The Morgan fingerprint density at radius 1 is 1.17 bits per heavy atom. The molecule has 2 aromatic rings. The van der Waals surface area contributed by atoms with Crippen LogP contribution in [0.3, 0.4) is 0 Å². The van der Waals surface area contributed by atoms with Crippen molar-refractivity contribution in [2.75, 3.05) is 6.54 Å². The quantitative estimate of drug-likeness (QED) is 0.780. The van der Waals surface area contributed by atoms with Gasteiger partial charge in [-0.05, 0) is 48.8 Å². The number of carbonyl (C=O) groups is 2. The molecule has 2 unspecified atom stereocenters. The highest BCUT2D eigenvalue weighted by Crippen LogP contribution is 2.30. The Morgan fingerprint density at radius 2 is 1.93 bits per heavy atom. The smallest absolute Gasteiger partial charge is 0.243 e. The summed E-state index contributed by atoms with van der Waals surface area (Å²) >= 11 is 0. The minimum atomic E-state index is -0.461. The summed E-state index contributed by atoms with van der Waals surface area (Å²) in [7, 11) is 1.91. The molecule has 0 radical (unpaired) electrons. The lowest BCUT2D eigenvalue weighted by Gasteiger charge is -2.34. The Kier molecular flexibility index (Phi) is 5.67. The number of hydrogen-bond donors (Lipinski definition) is 2. The van der Waals surface area contributed by atoms with Crippen molar-refractivity contribution in [3.8, 4) is 11.3 Å². The molecule has 29 heavy (non-hydrogen) atoms. The molecule has 1 aliphatic heterocycles. The van der Waals surface area contributed by atoms with E-state index in [-0.39, 0.29) is 17.7 Å². The van der Waals surface area contributed by atoms with Gasteiger partial charge in [-0.1, -0.05) is 30.7 Å². The Hall–Kier alpha value is -2.67. The largest absolute Gasteiger partial charge is 0.350 e. The molecular formula is C22H29N5O2. The number of rotatable bonds is 6. The standard InChI is InChI=1S/C22H29N5O2/c1-26-18(11-12-25-26)16-9-7-15(8-10-16)14-24-21(28)19-6-3-13-27(19)22(29)20(23)17-4-2-5-17/h7-12,17,19-20H,2-6,13-14,23H2,1H3,(H,24,28). The Morgan fingerprint density at radius 3 is 2.55 bits per heavy atom. The van der Waals surface area contributed by atoms with Crippen molar-refractivity contribution in [1.82, 2.24) is 20.0 Å². The van der Waals surface area contributed by atoms with Crippen molar-refractivity contribution >= 4 is 11.8 Å². The normalized spacial score (nSPS) is 20.3. The molecule has 2 heterocycles. The first-order chi connectivity index (χ1) is 14.0. The van der Waals surface area contributed by atoms with Crippen LogP contribution in [0.25, 0.3) is 11.3 Å². The summed E-state index contributed by atoms with van der Waals surface area (Å²) in [6.07, 6.45) is 6.51. The Balaban J connectivity index is 1.34. The molecule has 3 N–H and O–H groups in total. The zero-order valence-electron chi connectivity index (χ0n) is 16.9. The molecule has 1 aromatic carbocycles. The minimum Gasteiger partial charge on any atom is -0.350 e. The maximum atomic E-state index is 12.8. The molecular weight excluding hydrogens is 366 g/mol. The molecule has 2 atom stereocenters. The number of hydrogen-bond acceptors (Lipinski definition) is 4. The second kappa shape index (κ2) is 8.37. The summed E-state index contributed by atoms with van der Waals surface area (Å²) < 4.78 is 1.83. The molecule has 2 aliphatic rings. The third-order valence-corrected chi connectivity index (χ3v) is 6.32. The van der Waals surface area contributed by atoms with Crippen molar-refractivity contribution in [3.05, 3.63) is 42.1 Å². The third kappa shape index (κ3) is 4.05. The van der Waals surface area contributed by atoms with Gasteiger partial charge in [-0.25, -0.2) is 0 Å². The van der Waals surface area contributed by atoms with E-state index in [0.29, 0.717) is 19.5 Å². The van der Waals surface area contributed by atoms with Gasteiger partial charge in [-0.2, -0.15) is 5.10 Å². The van der Waals surface area contributed by atoms with E-state index in [4.69, 9.17) is 5.73 Å². The highest BCUT2D eigenvalue weighted by Gasteiger charge is 2.39. The average Bonchev–Trinajstić information content (AvgIpc) is 3.33. The number of amides is 2. The fourth-order valence-electron chi connectivity index (χ4n) is 4.25. The summed E-state index contributed by atoms with van der Waals surface area (Å²) in [4.78, 5) is 27.2. The van der Waals surface area contributed by atoms with E-state index < -0.39 is 12.1 Å². The van der Waals surface area contributed by atoms with Crippen LogP contribution in [0.1, 0.15) is 37.7 Å². The topological polar surface area (TPSA) is 93.2 Å². The fraction of sp³-hybridized carbons (Fsp3) is 0.500. The first-order valence-electron chi connectivity index (χ1n) is 10.5. The summed E-state index contributed by atoms with van der Waals surface area (Å²) in [6, 6.07) is 9.18. The van der Waals surface area contributed by atoms with Crippen LogP contribution in [-0.2, 0) is 23.2 Å². The zero-order chi connectivity index (χ0) is 20.4. The fourth-order valence-corrected chi connectivity index (χ4v) is 4.25. The maximum absolute atomic E-state index is 12.8. The molecule has 154 valence electrons. The summed E-state index contributed by atoms with van der Waals surface area (Å²) in [5.41, 5.74) is 9.31. The van der Waals surface area contributed by atoms with E-state index in [1.807, 2.05) is 42.1 Å². The van der Waals surface area contributed by atoms with E-state index in [1.54, 1.807) is 11.1 Å². The molecule has 7 heteroatoms. The van der Waals surface area contributed by atoms with Crippen molar-refractivity contribution in [2.24, 2.45) is 18.7 Å². The van der Waals surface area contributed by atoms with Gasteiger partial charge in [0.05, 0.1) is 11.7 Å². The van der Waals surface area contributed by atoms with Crippen LogP contribution in [0, 0.1) is 5.92 Å². The van der Waals surface area contributed by atoms with Crippen LogP contribution in [-0.4, -0.2) is 45.1 Å². The molecule has 2 fully saturated rings. The van der Waals surface area contributed by atoms with Crippen LogP contribution in [0.5, 0.6) is 0 Å². The van der Waals surface area contributed by atoms with Crippen molar-refractivity contribution in [1.29, 1.82) is 0 Å². The lowest BCUT2D eigenvalue weighted by molar-refractivity contribution is -0.141. The first kappa shape index (κ1) is 19.6. The van der Waals surface area contributed by atoms with E-state index in [1.165, 1.54) is 0 Å². The molecule has 4 rings (SSSR count). The first-order valence-corrected chi connectivity index (χ1v) is 10.5. The van der Waals surface area contributed by atoms with Gasteiger partial charge >= 0.3 is 0 Å². The number of benzene rings is 1. The van der Waals surface area contributed by atoms with Gasteiger partial charge in [0.15, 0.2) is 0 Å². The van der Waals surface area contributed by atoms with Gasteiger partial charge in [-0.3, -0.25) is 14.3 Å². The van der Waals surface area contributed by atoms with Crippen molar-refractivity contribution in [3.63, 3.8) is 0 Å². The van der Waals surface area contributed by atoms with Crippen LogP contribution in [0.4, 0.5) is 0 Å². The molecule has 1 saturated carbocycles. The SMILES string of the molecule is Cn1nccc1-c1ccc(CNC(=O)C2CCCN2C(=O)C(N)C2CCC2)cc1. The average molecular weight is 396 g/mol. The summed E-state index contributed by atoms with van der Waals surface area (Å²) in [5, 5.41) is 7.19. The molecule has 1 aliphatic carbocycles. The van der Waals surface area contributed by atoms with Gasteiger partial charge < -0.3 is 16.0 Å². The Bertz CT molecular complexity index is 872. The second-order valence-electron chi connectivity index (χ2n) is 8.16. The highest BCUT2D eigenvalue weighted by atomic mass is 16.2. The predicted octanol–water partition coefficient (Wildman–Crippen LogP) is 1.82. The van der Waals surface area contributed by atoms with Gasteiger partial charge in [-0.15, -0.1) is 0 Å². The number of nitrogens with zero attached hydrogens (tertiary/aromatic N) is 3. The van der Waals surface area contributed by atoms with Crippen LogP contribution < -0.4 is 11.1 Å². The molecule has 7 nitrogen and oxygen atoms in total. The zero-order valence-corrected chi connectivity index (χ0v) is 16.9. The van der Waals surface area contributed by atoms with Crippen LogP contribution in [0.2, 0.25) is 0 Å². The monoisotopic (exact) mass is 395 g/mol. The highest BCUT2D eigenvalue weighted by molar-refractivity contribution is 5.90. The molecule has 2 amide bonds. The van der Waals surface area contributed by atoms with Gasteiger partial charge in [0.1, 0.15) is 6.04 Å². The Labute approximate surface area is 171 Å². The van der Waals surface area contributed by atoms with Gasteiger partial charge in [0.25, 0.3) is 0 Å². The number of likely N-dealkylation sites (tertiary alicyclic amines) is 1. The van der Waals surface area contributed by atoms with Crippen molar-refractivity contribution < 1.29 is 9.59 Å².